The van der Waals surface area contributed by atoms with Crippen LogP contribution in [0.15, 0.2) is 12.4 Å². The molecule has 2 rings (SSSR count). The van der Waals surface area contributed by atoms with Gasteiger partial charge in [-0.2, -0.15) is 5.10 Å². The first-order valence-electron chi connectivity index (χ1n) is 5.49. The van der Waals surface area contributed by atoms with Crippen LogP contribution in [0.3, 0.4) is 0 Å². The zero-order chi connectivity index (χ0) is 10.7. The topological polar surface area (TPSA) is 44.1 Å². The quantitative estimate of drug-likeness (QED) is 0.709. The third-order valence-electron chi connectivity index (χ3n) is 2.71. The van der Waals surface area contributed by atoms with Gasteiger partial charge >= 0.3 is 0 Å². The molecule has 0 spiro atoms. The average Bonchev–Trinajstić information content (AvgIpc) is 2.78. The highest BCUT2D eigenvalue weighted by Gasteiger charge is 2.23. The van der Waals surface area contributed by atoms with E-state index >= 15 is 0 Å². The number of hydrogen-bond donors (Lipinski definition) is 0. The molecule has 82 valence electrons. The third kappa shape index (κ3) is 2.26. The van der Waals surface area contributed by atoms with Crippen LogP contribution < -0.4 is 0 Å². The molecule has 1 aliphatic heterocycles. The second kappa shape index (κ2) is 4.57. The molecule has 0 radical (unpaired) electrons. The Bertz CT molecular complexity index is 340. The first-order chi connectivity index (χ1) is 7.31. The number of aryl methyl sites for hydroxylation is 1. The average molecular weight is 208 g/mol. The van der Waals surface area contributed by atoms with Crippen molar-refractivity contribution in [2.45, 2.75) is 38.8 Å². The van der Waals surface area contributed by atoms with Crippen LogP contribution in [0.1, 0.15) is 36.5 Å². The van der Waals surface area contributed by atoms with Crippen LogP contribution in [-0.2, 0) is 11.3 Å². The maximum Gasteiger partial charge on any atom is 0.194 e. The van der Waals surface area contributed by atoms with Gasteiger partial charge in [-0.05, 0) is 26.2 Å². The maximum atomic E-state index is 12.0. The number of nitrogens with zero attached hydrogens (tertiary/aromatic N) is 2. The fourth-order valence-electron chi connectivity index (χ4n) is 1.80. The lowest BCUT2D eigenvalue weighted by Crippen LogP contribution is -2.27. The van der Waals surface area contributed by atoms with Crippen LogP contribution in [0.2, 0.25) is 0 Å². The molecular formula is C11H16N2O2. The summed E-state index contributed by atoms with van der Waals surface area (Å²) in [5.74, 6) is 0.0781. The molecule has 0 N–H and O–H groups in total. The highest BCUT2D eigenvalue weighted by Crippen LogP contribution is 2.17. The summed E-state index contributed by atoms with van der Waals surface area (Å²) >= 11 is 0. The normalized spacial score (nSPS) is 21.5. The SMILES string of the molecule is CCn1cc(C(=O)C2CCCCO2)cn1. The molecule has 1 fully saturated rings. The fourth-order valence-corrected chi connectivity index (χ4v) is 1.80. The molecule has 0 amide bonds. The third-order valence-corrected chi connectivity index (χ3v) is 2.71. The van der Waals surface area contributed by atoms with Gasteiger partial charge in [0.1, 0.15) is 6.10 Å². The Labute approximate surface area is 89.2 Å². The molecule has 1 saturated heterocycles. The number of carbonyl (C=O) groups excluding carboxylic acids is 1. The minimum atomic E-state index is -0.242. The number of carbonyl (C=O) groups is 1. The smallest absolute Gasteiger partial charge is 0.194 e. The predicted octanol–water partition coefficient (Wildman–Crippen LogP) is 1.65. The lowest BCUT2D eigenvalue weighted by Gasteiger charge is -2.20. The summed E-state index contributed by atoms with van der Waals surface area (Å²) in [5, 5.41) is 4.09. The molecule has 1 unspecified atom stereocenters. The molecule has 1 aromatic heterocycles. The number of aromatic nitrogens is 2. The second-order valence-electron chi connectivity index (χ2n) is 3.80. The molecule has 0 aliphatic carbocycles. The number of ketones is 1. The number of Topliss-reactive ketones (excluding diaryl/α,β-unsaturated/α-hetero) is 1. The molecule has 4 nitrogen and oxygen atoms in total. The summed E-state index contributed by atoms with van der Waals surface area (Å²) in [7, 11) is 0. The van der Waals surface area contributed by atoms with E-state index in [1.807, 2.05) is 6.92 Å². The molecule has 1 atom stereocenters. The van der Waals surface area contributed by atoms with Crippen LogP contribution in [0.4, 0.5) is 0 Å². The van der Waals surface area contributed by atoms with E-state index in [-0.39, 0.29) is 11.9 Å². The minimum Gasteiger partial charge on any atom is -0.370 e. The van der Waals surface area contributed by atoms with Crippen LogP contribution in [0, 0.1) is 0 Å². The van der Waals surface area contributed by atoms with E-state index in [1.165, 1.54) is 0 Å². The van der Waals surface area contributed by atoms with Crippen molar-refractivity contribution < 1.29 is 9.53 Å². The molecular weight excluding hydrogens is 192 g/mol. The molecule has 0 saturated carbocycles. The van der Waals surface area contributed by atoms with Gasteiger partial charge in [-0.1, -0.05) is 0 Å². The van der Waals surface area contributed by atoms with Gasteiger partial charge in [0.25, 0.3) is 0 Å². The van der Waals surface area contributed by atoms with E-state index in [4.69, 9.17) is 4.74 Å². The Kier molecular flexibility index (Phi) is 3.16. The molecule has 1 aromatic rings. The number of ether oxygens (including phenoxy) is 1. The lowest BCUT2D eigenvalue weighted by molar-refractivity contribution is 0.0186. The highest BCUT2D eigenvalue weighted by molar-refractivity contribution is 5.99. The van der Waals surface area contributed by atoms with E-state index in [0.717, 1.165) is 25.8 Å². The summed E-state index contributed by atoms with van der Waals surface area (Å²) in [4.78, 5) is 12.0. The highest BCUT2D eigenvalue weighted by atomic mass is 16.5. The van der Waals surface area contributed by atoms with Crippen LogP contribution in [-0.4, -0.2) is 28.3 Å². The van der Waals surface area contributed by atoms with Gasteiger partial charge < -0.3 is 4.74 Å². The number of hydrogen-bond acceptors (Lipinski definition) is 3. The van der Waals surface area contributed by atoms with Crippen molar-refractivity contribution in [2.24, 2.45) is 0 Å². The Morgan fingerprint density at radius 3 is 3.13 bits per heavy atom. The van der Waals surface area contributed by atoms with Gasteiger partial charge in [0.15, 0.2) is 5.78 Å². The summed E-state index contributed by atoms with van der Waals surface area (Å²) in [6.45, 7) is 3.50. The van der Waals surface area contributed by atoms with Crippen molar-refractivity contribution in [2.75, 3.05) is 6.61 Å². The maximum absolute atomic E-state index is 12.0. The molecule has 2 heterocycles. The minimum absolute atomic E-state index is 0.0781. The molecule has 1 aliphatic rings. The fraction of sp³-hybridized carbons (Fsp3) is 0.636. The lowest BCUT2D eigenvalue weighted by atomic mass is 10.0. The zero-order valence-corrected chi connectivity index (χ0v) is 8.98. The van der Waals surface area contributed by atoms with Crippen molar-refractivity contribution in [3.8, 4) is 0 Å². The van der Waals surface area contributed by atoms with E-state index in [2.05, 4.69) is 5.10 Å². The predicted molar refractivity (Wildman–Crippen MR) is 55.8 cm³/mol. The monoisotopic (exact) mass is 208 g/mol. The van der Waals surface area contributed by atoms with Crippen molar-refractivity contribution in [3.05, 3.63) is 18.0 Å². The van der Waals surface area contributed by atoms with E-state index in [0.29, 0.717) is 12.2 Å². The molecule has 0 aromatic carbocycles. The zero-order valence-electron chi connectivity index (χ0n) is 8.98. The Hall–Kier alpha value is -1.16. The summed E-state index contributed by atoms with van der Waals surface area (Å²) < 4.78 is 7.21. The summed E-state index contributed by atoms with van der Waals surface area (Å²) in [6, 6.07) is 0. The Balaban J connectivity index is 2.05. The van der Waals surface area contributed by atoms with Gasteiger partial charge in [0, 0.05) is 19.3 Å². The van der Waals surface area contributed by atoms with Crippen LogP contribution >= 0.6 is 0 Å². The van der Waals surface area contributed by atoms with E-state index in [9.17, 15) is 4.79 Å². The summed E-state index contributed by atoms with van der Waals surface area (Å²) in [6.07, 6.45) is 6.17. The van der Waals surface area contributed by atoms with Gasteiger partial charge in [-0.15, -0.1) is 0 Å². The van der Waals surface area contributed by atoms with Gasteiger partial charge in [0.2, 0.25) is 0 Å². The largest absolute Gasteiger partial charge is 0.370 e. The Morgan fingerprint density at radius 1 is 1.67 bits per heavy atom. The summed E-state index contributed by atoms with van der Waals surface area (Å²) in [5.41, 5.74) is 0.670. The van der Waals surface area contributed by atoms with Crippen LogP contribution in [0.25, 0.3) is 0 Å². The Morgan fingerprint density at radius 2 is 2.53 bits per heavy atom. The van der Waals surface area contributed by atoms with Crippen LogP contribution in [0.5, 0.6) is 0 Å². The van der Waals surface area contributed by atoms with E-state index < -0.39 is 0 Å². The van der Waals surface area contributed by atoms with E-state index in [1.54, 1.807) is 17.1 Å². The first-order valence-corrected chi connectivity index (χ1v) is 5.49. The van der Waals surface area contributed by atoms with Gasteiger partial charge in [-0.3, -0.25) is 9.48 Å². The first kappa shape index (κ1) is 10.4. The van der Waals surface area contributed by atoms with Crippen molar-refractivity contribution in [1.82, 2.24) is 9.78 Å². The molecule has 0 bridgehead atoms. The standard InChI is InChI=1S/C11H16N2O2/c1-2-13-8-9(7-12-13)11(14)10-5-3-4-6-15-10/h7-8,10H,2-6H2,1H3. The van der Waals surface area contributed by atoms with Gasteiger partial charge in [0.05, 0.1) is 11.8 Å². The second-order valence-corrected chi connectivity index (χ2v) is 3.80. The van der Waals surface area contributed by atoms with Crippen molar-refractivity contribution in [3.63, 3.8) is 0 Å². The van der Waals surface area contributed by atoms with Crippen molar-refractivity contribution >= 4 is 5.78 Å². The van der Waals surface area contributed by atoms with Gasteiger partial charge in [-0.25, -0.2) is 0 Å². The number of rotatable bonds is 3. The molecule has 15 heavy (non-hydrogen) atoms. The van der Waals surface area contributed by atoms with Crippen molar-refractivity contribution in [1.29, 1.82) is 0 Å². The molecule has 4 heteroatoms.